The Labute approximate surface area is 132 Å². The fraction of sp³-hybridized carbons (Fsp3) is 0.571. The number of rotatable bonds is 7. The van der Waals surface area contributed by atoms with Gasteiger partial charge in [-0.15, -0.1) is 0 Å². The van der Waals surface area contributed by atoms with Crippen molar-refractivity contribution in [2.75, 3.05) is 6.61 Å². The molecular weight excluding hydrogens is 311 g/mol. The van der Waals surface area contributed by atoms with Crippen LogP contribution in [0.5, 0.6) is 0 Å². The van der Waals surface area contributed by atoms with Crippen molar-refractivity contribution in [2.45, 2.75) is 39.5 Å². The van der Waals surface area contributed by atoms with Gasteiger partial charge in [0.15, 0.2) is 5.82 Å². The summed E-state index contributed by atoms with van der Waals surface area (Å²) in [6.07, 6.45) is 2.71. The van der Waals surface area contributed by atoms with Crippen molar-refractivity contribution in [1.82, 2.24) is 9.55 Å². The van der Waals surface area contributed by atoms with E-state index in [9.17, 15) is 18.8 Å². The van der Waals surface area contributed by atoms with Crippen LogP contribution in [0, 0.1) is 16.4 Å². The minimum atomic E-state index is -0.816. The lowest BCUT2D eigenvalue weighted by molar-refractivity contribution is -0.147. The number of unbranched alkanes of at least 4 members (excludes halogenated alkanes) is 2. The van der Waals surface area contributed by atoms with Gasteiger partial charge in [-0.1, -0.05) is 26.1 Å². The first-order chi connectivity index (χ1) is 10.3. The van der Waals surface area contributed by atoms with Crippen molar-refractivity contribution >= 4 is 24.1 Å². The molecule has 0 bridgehead atoms. The number of H-pyrrole nitrogens is 1. The van der Waals surface area contributed by atoms with Crippen LogP contribution in [0.25, 0.3) is 0 Å². The Balaban J connectivity index is 2.36. The molecule has 1 aromatic rings. The molecule has 0 unspecified atom stereocenters. The summed E-state index contributed by atoms with van der Waals surface area (Å²) in [5, 5.41) is 0. The normalized spacial score (nSPS) is 10.7. The fourth-order valence-electron chi connectivity index (χ4n) is 1.65. The van der Waals surface area contributed by atoms with Gasteiger partial charge in [0.2, 0.25) is 5.91 Å². The molecule has 0 radical (unpaired) electrons. The minimum Gasteiger partial charge on any atom is -0.465 e. The number of ether oxygens (including phenoxy) is 1. The van der Waals surface area contributed by atoms with E-state index in [0.29, 0.717) is 30.4 Å². The second-order valence-electron chi connectivity index (χ2n) is 5.13. The Hall–Kier alpha value is -1.83. The number of nitrogens with one attached hydrogen (secondary N) is 1. The van der Waals surface area contributed by atoms with E-state index in [0.717, 1.165) is 6.20 Å². The van der Waals surface area contributed by atoms with E-state index in [-0.39, 0.29) is 22.9 Å². The van der Waals surface area contributed by atoms with Gasteiger partial charge in [-0.3, -0.25) is 14.6 Å². The van der Waals surface area contributed by atoms with E-state index in [1.165, 1.54) is 0 Å². The predicted octanol–water partition coefficient (Wildman–Crippen LogP) is 2.44. The Morgan fingerprint density at radius 1 is 1.36 bits per heavy atom. The number of aromatic nitrogens is 2. The Kier molecular flexibility index (Phi) is 7.10. The van der Waals surface area contributed by atoms with Crippen LogP contribution < -0.4 is 5.69 Å². The number of aromatic amines is 1. The molecule has 0 aromatic carbocycles. The van der Waals surface area contributed by atoms with Gasteiger partial charge in [0, 0.05) is 6.42 Å². The molecule has 0 amide bonds. The monoisotopic (exact) mass is 330 g/mol. The van der Waals surface area contributed by atoms with E-state index in [1.54, 1.807) is 13.8 Å². The molecule has 0 aliphatic rings. The van der Waals surface area contributed by atoms with Crippen LogP contribution in [0.1, 0.15) is 44.3 Å². The number of carbonyl (C=O) groups is 2. The first kappa shape index (κ1) is 18.2. The molecular formula is C14H19FN2O4S. The van der Waals surface area contributed by atoms with E-state index >= 15 is 0 Å². The molecule has 8 heteroatoms. The summed E-state index contributed by atoms with van der Waals surface area (Å²) in [5.74, 6) is -1.73. The minimum absolute atomic E-state index is 0.0993. The van der Waals surface area contributed by atoms with Crippen molar-refractivity contribution in [3.05, 3.63) is 27.1 Å². The Bertz CT molecular complexity index is 651. The van der Waals surface area contributed by atoms with Gasteiger partial charge in [-0.2, -0.15) is 0 Å². The van der Waals surface area contributed by atoms with E-state index in [2.05, 4.69) is 17.2 Å². The summed E-state index contributed by atoms with van der Waals surface area (Å²) in [7, 11) is 0. The first-order valence-corrected chi connectivity index (χ1v) is 7.45. The Morgan fingerprint density at radius 3 is 2.68 bits per heavy atom. The number of hydrogen-bond acceptors (Lipinski definition) is 5. The topological polar surface area (TPSA) is 81.2 Å². The SMILES string of the molecule is CC(C)C(=O)OCCCCCC(=O)n1cc(F)c(=S)[nH]c1=O. The smallest absolute Gasteiger partial charge is 0.333 e. The molecule has 22 heavy (non-hydrogen) atoms. The summed E-state index contributed by atoms with van der Waals surface area (Å²) >= 11 is 4.56. The maximum atomic E-state index is 13.3. The maximum Gasteiger partial charge on any atom is 0.333 e. The second kappa shape index (κ2) is 8.57. The summed E-state index contributed by atoms with van der Waals surface area (Å²) < 4.78 is 18.6. The van der Waals surface area contributed by atoms with Crippen LogP contribution in [0.15, 0.2) is 11.0 Å². The highest BCUT2D eigenvalue weighted by Gasteiger charge is 2.10. The zero-order valence-corrected chi connectivity index (χ0v) is 13.4. The van der Waals surface area contributed by atoms with Crippen molar-refractivity contribution in [2.24, 2.45) is 5.92 Å². The highest BCUT2D eigenvalue weighted by atomic mass is 32.1. The largest absolute Gasteiger partial charge is 0.465 e. The van der Waals surface area contributed by atoms with Gasteiger partial charge in [0.05, 0.1) is 18.7 Å². The molecule has 122 valence electrons. The van der Waals surface area contributed by atoms with Gasteiger partial charge in [-0.05, 0) is 19.3 Å². The van der Waals surface area contributed by atoms with Crippen molar-refractivity contribution in [1.29, 1.82) is 0 Å². The van der Waals surface area contributed by atoms with Crippen molar-refractivity contribution in [3.8, 4) is 0 Å². The van der Waals surface area contributed by atoms with E-state index in [4.69, 9.17) is 4.74 Å². The third-order valence-corrected chi connectivity index (χ3v) is 3.22. The second-order valence-corrected chi connectivity index (χ2v) is 5.54. The van der Waals surface area contributed by atoms with Crippen LogP contribution in [0.3, 0.4) is 0 Å². The molecule has 6 nitrogen and oxygen atoms in total. The van der Waals surface area contributed by atoms with Crippen molar-refractivity contribution < 1.29 is 18.7 Å². The zero-order chi connectivity index (χ0) is 16.7. The molecule has 0 saturated carbocycles. The number of halogens is 1. The molecule has 1 N–H and O–H groups in total. The lowest BCUT2D eigenvalue weighted by atomic mass is 10.2. The lowest BCUT2D eigenvalue weighted by Crippen LogP contribution is -2.29. The lowest BCUT2D eigenvalue weighted by Gasteiger charge is -2.07. The van der Waals surface area contributed by atoms with Gasteiger partial charge in [-0.25, -0.2) is 13.8 Å². The highest BCUT2D eigenvalue weighted by molar-refractivity contribution is 7.71. The molecule has 0 saturated heterocycles. The number of esters is 1. The van der Waals surface area contributed by atoms with Crippen LogP contribution in [-0.4, -0.2) is 28.0 Å². The summed E-state index contributed by atoms with van der Waals surface area (Å²) in [6.45, 7) is 3.81. The predicted molar refractivity (Wildman–Crippen MR) is 80.7 cm³/mol. The third-order valence-electron chi connectivity index (χ3n) is 2.92. The molecule has 1 heterocycles. The zero-order valence-electron chi connectivity index (χ0n) is 12.6. The highest BCUT2D eigenvalue weighted by Crippen LogP contribution is 2.04. The van der Waals surface area contributed by atoms with Crippen LogP contribution >= 0.6 is 12.2 Å². The van der Waals surface area contributed by atoms with E-state index < -0.39 is 17.4 Å². The quantitative estimate of drug-likeness (QED) is 0.472. The van der Waals surface area contributed by atoms with Crippen molar-refractivity contribution in [3.63, 3.8) is 0 Å². The van der Waals surface area contributed by atoms with Gasteiger partial charge in [0.1, 0.15) is 4.64 Å². The molecule has 0 fully saturated rings. The number of hydrogen-bond donors (Lipinski definition) is 1. The van der Waals surface area contributed by atoms with Gasteiger partial charge >= 0.3 is 11.7 Å². The molecule has 0 aliphatic heterocycles. The standard InChI is InChI=1S/C14H19FN2O4S/c1-9(2)13(19)21-7-5-3-4-6-11(18)17-8-10(15)12(22)16-14(17)20/h8-9H,3-7H2,1-2H3,(H,16,20,22). The first-order valence-electron chi connectivity index (χ1n) is 7.04. The fourth-order valence-corrected chi connectivity index (χ4v) is 1.79. The molecule has 0 spiro atoms. The average Bonchev–Trinajstić information content (AvgIpc) is 2.45. The van der Waals surface area contributed by atoms with Crippen LogP contribution in [-0.2, 0) is 9.53 Å². The summed E-state index contributed by atoms with van der Waals surface area (Å²) in [5.41, 5.74) is -0.748. The van der Waals surface area contributed by atoms with Gasteiger partial charge < -0.3 is 4.74 Å². The molecule has 0 atom stereocenters. The summed E-state index contributed by atoms with van der Waals surface area (Å²) in [6, 6.07) is 0. The third kappa shape index (κ3) is 5.51. The van der Waals surface area contributed by atoms with Crippen LogP contribution in [0.2, 0.25) is 0 Å². The van der Waals surface area contributed by atoms with Crippen LogP contribution in [0.4, 0.5) is 4.39 Å². The van der Waals surface area contributed by atoms with Gasteiger partial charge in [0.25, 0.3) is 0 Å². The average molecular weight is 330 g/mol. The number of carbonyl (C=O) groups excluding carboxylic acids is 2. The molecule has 1 rings (SSSR count). The van der Waals surface area contributed by atoms with E-state index in [1.807, 2.05) is 0 Å². The Morgan fingerprint density at radius 2 is 2.05 bits per heavy atom. The summed E-state index contributed by atoms with van der Waals surface area (Å²) in [4.78, 5) is 36.6. The molecule has 0 aliphatic carbocycles. The maximum absolute atomic E-state index is 13.3. The molecule has 1 aromatic heterocycles. The number of nitrogens with zero attached hydrogens (tertiary/aromatic N) is 1.